The second-order valence-electron chi connectivity index (χ2n) is 4.00. The van der Waals surface area contributed by atoms with Crippen molar-refractivity contribution in [2.24, 2.45) is 0 Å². The number of carbonyl (C=O) groups excluding carboxylic acids is 1. The molecule has 0 aliphatic heterocycles. The minimum absolute atomic E-state index is 0.0281. The van der Waals surface area contributed by atoms with Gasteiger partial charge in [0.1, 0.15) is 5.82 Å². The highest BCUT2D eigenvalue weighted by Crippen LogP contribution is 2.19. The van der Waals surface area contributed by atoms with E-state index in [0.29, 0.717) is 5.69 Å². The van der Waals surface area contributed by atoms with Gasteiger partial charge in [0.2, 0.25) is 5.91 Å². The Morgan fingerprint density at radius 2 is 1.90 bits per heavy atom. The Bertz CT molecular complexity index is 655. The van der Waals surface area contributed by atoms with Crippen LogP contribution < -0.4 is 5.32 Å². The molecule has 2 aromatic rings. The molecule has 0 saturated carbocycles. The molecule has 0 aromatic heterocycles. The highest BCUT2D eigenvalue weighted by Gasteiger charge is 2.02. The molecule has 0 atom stereocenters. The molecular weight excluding hydrogens is 345 g/mol. The van der Waals surface area contributed by atoms with E-state index in [1.54, 1.807) is 6.08 Å². The van der Waals surface area contributed by atoms with E-state index in [0.717, 1.165) is 10.0 Å². The Morgan fingerprint density at radius 1 is 1.20 bits per heavy atom. The summed E-state index contributed by atoms with van der Waals surface area (Å²) in [4.78, 5) is 11.7. The van der Waals surface area contributed by atoms with E-state index in [-0.39, 0.29) is 10.9 Å². The summed E-state index contributed by atoms with van der Waals surface area (Å²) in [7, 11) is 0. The quantitative estimate of drug-likeness (QED) is 0.781. The molecule has 0 saturated heterocycles. The number of amides is 1. The van der Waals surface area contributed by atoms with Gasteiger partial charge in [-0.05, 0) is 42.0 Å². The molecule has 0 heterocycles. The fraction of sp³-hybridized carbons (Fsp3) is 0. The summed E-state index contributed by atoms with van der Waals surface area (Å²) in [6, 6.07) is 11.5. The third-order valence-corrected chi connectivity index (χ3v) is 3.30. The molecule has 20 heavy (non-hydrogen) atoms. The summed E-state index contributed by atoms with van der Waals surface area (Å²) in [6.07, 6.45) is 3.09. The summed E-state index contributed by atoms with van der Waals surface area (Å²) >= 11 is 8.97. The van der Waals surface area contributed by atoms with Gasteiger partial charge in [0.05, 0.1) is 5.02 Å². The van der Waals surface area contributed by atoms with Crippen LogP contribution in [0.4, 0.5) is 10.1 Å². The summed E-state index contributed by atoms with van der Waals surface area (Å²) in [6.45, 7) is 0. The van der Waals surface area contributed by atoms with Gasteiger partial charge in [0.15, 0.2) is 0 Å². The van der Waals surface area contributed by atoms with Crippen molar-refractivity contribution in [3.05, 3.63) is 69.4 Å². The van der Waals surface area contributed by atoms with Crippen molar-refractivity contribution in [2.45, 2.75) is 0 Å². The highest BCUT2D eigenvalue weighted by molar-refractivity contribution is 9.10. The minimum atomic E-state index is -0.518. The van der Waals surface area contributed by atoms with Gasteiger partial charge in [-0.3, -0.25) is 4.79 Å². The molecule has 1 amide bonds. The van der Waals surface area contributed by atoms with Crippen LogP contribution in [0.5, 0.6) is 0 Å². The number of nitrogens with one attached hydrogen (secondary N) is 1. The molecule has 0 fully saturated rings. The molecule has 0 aliphatic rings. The van der Waals surface area contributed by atoms with Crippen LogP contribution in [-0.4, -0.2) is 5.91 Å². The normalized spacial score (nSPS) is 10.8. The molecule has 0 radical (unpaired) electrons. The fourth-order valence-electron chi connectivity index (χ4n) is 1.50. The number of benzene rings is 2. The zero-order chi connectivity index (χ0) is 14.5. The average molecular weight is 355 g/mol. The molecule has 1 N–H and O–H groups in total. The van der Waals surface area contributed by atoms with Gasteiger partial charge in [-0.2, -0.15) is 0 Å². The molecule has 0 aliphatic carbocycles. The number of carbonyl (C=O) groups is 1. The lowest BCUT2D eigenvalue weighted by Gasteiger charge is -2.03. The van der Waals surface area contributed by atoms with Gasteiger partial charge in [0.25, 0.3) is 0 Å². The fourth-order valence-corrected chi connectivity index (χ4v) is 1.95. The first-order valence-corrected chi connectivity index (χ1v) is 6.91. The van der Waals surface area contributed by atoms with Gasteiger partial charge in [-0.25, -0.2) is 4.39 Å². The number of anilines is 1. The first-order chi connectivity index (χ1) is 9.54. The van der Waals surface area contributed by atoms with Crippen LogP contribution >= 0.6 is 27.5 Å². The van der Waals surface area contributed by atoms with Crippen molar-refractivity contribution >= 4 is 45.2 Å². The van der Waals surface area contributed by atoms with Crippen LogP contribution in [0.15, 0.2) is 53.0 Å². The number of rotatable bonds is 3. The maximum absolute atomic E-state index is 13.0. The Hall–Kier alpha value is -1.65. The van der Waals surface area contributed by atoms with E-state index < -0.39 is 5.82 Å². The average Bonchev–Trinajstić information content (AvgIpc) is 2.42. The van der Waals surface area contributed by atoms with Crippen molar-refractivity contribution in [3.63, 3.8) is 0 Å². The number of hydrogen-bond acceptors (Lipinski definition) is 1. The van der Waals surface area contributed by atoms with Crippen LogP contribution in [0.3, 0.4) is 0 Å². The number of halogens is 3. The Labute approximate surface area is 129 Å². The van der Waals surface area contributed by atoms with Gasteiger partial charge >= 0.3 is 0 Å². The standard InChI is InChI=1S/C15H10BrClFNO/c16-11-4-1-10(2-5-11)3-8-15(20)19-12-6-7-14(18)13(17)9-12/h1-9H,(H,19,20)/b8-3+. The van der Waals surface area contributed by atoms with Crippen molar-refractivity contribution in [3.8, 4) is 0 Å². The maximum Gasteiger partial charge on any atom is 0.248 e. The van der Waals surface area contributed by atoms with E-state index in [1.807, 2.05) is 24.3 Å². The molecule has 2 nitrogen and oxygen atoms in total. The third-order valence-electron chi connectivity index (χ3n) is 2.48. The van der Waals surface area contributed by atoms with Crippen molar-refractivity contribution in [1.29, 1.82) is 0 Å². The SMILES string of the molecule is O=C(/C=C/c1ccc(Br)cc1)Nc1ccc(F)c(Cl)c1. The van der Waals surface area contributed by atoms with Crippen LogP contribution in [0.2, 0.25) is 5.02 Å². The molecule has 2 rings (SSSR count). The molecule has 0 unspecified atom stereocenters. The van der Waals surface area contributed by atoms with Crippen molar-refractivity contribution in [2.75, 3.05) is 5.32 Å². The first kappa shape index (κ1) is 14.8. The van der Waals surface area contributed by atoms with Gasteiger partial charge in [0, 0.05) is 16.2 Å². The zero-order valence-electron chi connectivity index (χ0n) is 10.2. The molecule has 5 heteroatoms. The largest absolute Gasteiger partial charge is 0.322 e. The lowest BCUT2D eigenvalue weighted by atomic mass is 10.2. The van der Waals surface area contributed by atoms with Crippen LogP contribution in [0.25, 0.3) is 6.08 Å². The summed E-state index contributed by atoms with van der Waals surface area (Å²) in [5.41, 5.74) is 1.35. The van der Waals surface area contributed by atoms with E-state index in [9.17, 15) is 9.18 Å². The van der Waals surface area contributed by atoms with Gasteiger partial charge in [-0.15, -0.1) is 0 Å². The Kier molecular flexibility index (Phi) is 4.93. The van der Waals surface area contributed by atoms with Crippen molar-refractivity contribution < 1.29 is 9.18 Å². The zero-order valence-corrected chi connectivity index (χ0v) is 12.6. The van der Waals surface area contributed by atoms with Crippen molar-refractivity contribution in [1.82, 2.24) is 0 Å². The molecule has 0 bridgehead atoms. The molecular formula is C15H10BrClFNO. The predicted octanol–water partition coefficient (Wildman–Crippen LogP) is 4.89. The summed E-state index contributed by atoms with van der Waals surface area (Å²) in [5, 5.41) is 2.58. The van der Waals surface area contributed by atoms with Crippen LogP contribution in [0, 0.1) is 5.82 Å². The molecule has 0 spiro atoms. The lowest BCUT2D eigenvalue weighted by Crippen LogP contribution is -2.07. The lowest BCUT2D eigenvalue weighted by molar-refractivity contribution is -0.111. The predicted molar refractivity (Wildman–Crippen MR) is 83.2 cm³/mol. The molecule has 2 aromatic carbocycles. The monoisotopic (exact) mass is 353 g/mol. The topological polar surface area (TPSA) is 29.1 Å². The third kappa shape index (κ3) is 4.18. The second kappa shape index (κ2) is 6.68. The van der Waals surface area contributed by atoms with Gasteiger partial charge in [-0.1, -0.05) is 39.7 Å². The molecule has 102 valence electrons. The summed E-state index contributed by atoms with van der Waals surface area (Å²) in [5.74, 6) is -0.828. The highest BCUT2D eigenvalue weighted by atomic mass is 79.9. The van der Waals surface area contributed by atoms with E-state index in [4.69, 9.17) is 11.6 Å². The number of hydrogen-bond donors (Lipinski definition) is 1. The van der Waals surface area contributed by atoms with Crippen LogP contribution in [-0.2, 0) is 4.79 Å². The van der Waals surface area contributed by atoms with E-state index >= 15 is 0 Å². The Balaban J connectivity index is 2.01. The maximum atomic E-state index is 13.0. The Morgan fingerprint density at radius 3 is 2.55 bits per heavy atom. The van der Waals surface area contributed by atoms with Gasteiger partial charge < -0.3 is 5.32 Å². The minimum Gasteiger partial charge on any atom is -0.322 e. The summed E-state index contributed by atoms with van der Waals surface area (Å²) < 4.78 is 13.9. The second-order valence-corrected chi connectivity index (χ2v) is 5.33. The smallest absolute Gasteiger partial charge is 0.248 e. The first-order valence-electron chi connectivity index (χ1n) is 5.74. The van der Waals surface area contributed by atoms with E-state index in [1.165, 1.54) is 24.3 Å². The van der Waals surface area contributed by atoms with Crippen LogP contribution in [0.1, 0.15) is 5.56 Å². The van der Waals surface area contributed by atoms with E-state index in [2.05, 4.69) is 21.2 Å².